The van der Waals surface area contributed by atoms with Gasteiger partial charge in [-0.3, -0.25) is 0 Å². The predicted molar refractivity (Wildman–Crippen MR) is 118 cm³/mol. The Kier molecular flexibility index (Phi) is 6.84. The van der Waals surface area contributed by atoms with E-state index in [2.05, 4.69) is 31.9 Å². The van der Waals surface area contributed by atoms with Crippen molar-refractivity contribution in [1.82, 2.24) is 4.90 Å². The number of aliphatic hydroxyl groups is 1. The molecule has 30 heavy (non-hydrogen) atoms. The lowest BCUT2D eigenvalue weighted by molar-refractivity contribution is -0.146. The van der Waals surface area contributed by atoms with Gasteiger partial charge in [0.05, 0.1) is 0 Å². The zero-order valence-electron chi connectivity index (χ0n) is 18.1. The molecule has 2 bridgehead atoms. The molecule has 2 aliphatic rings. The summed E-state index contributed by atoms with van der Waals surface area (Å²) >= 11 is 0. The molecular formula is C25H33NO4. The van der Waals surface area contributed by atoms with Gasteiger partial charge in [0.2, 0.25) is 0 Å². The van der Waals surface area contributed by atoms with Gasteiger partial charge in [-0.05, 0) is 67.6 Å². The number of likely N-dealkylation sites (N-methyl/N-ethyl adjacent to an activating group) is 1. The maximum atomic E-state index is 10.2. The first-order valence-electron chi connectivity index (χ1n) is 10.8. The maximum Gasteiger partial charge on any atom is 0.337 e. The van der Waals surface area contributed by atoms with E-state index in [1.807, 2.05) is 12.1 Å². The second-order valence-electron chi connectivity index (χ2n) is 8.52. The number of aliphatic hydroxyl groups excluding tert-OH is 1. The third-order valence-corrected chi connectivity index (χ3v) is 7.13. The van der Waals surface area contributed by atoms with Gasteiger partial charge >= 0.3 is 5.97 Å². The summed E-state index contributed by atoms with van der Waals surface area (Å²) in [5, 5.41) is 27.3. The van der Waals surface area contributed by atoms with E-state index in [0.717, 1.165) is 12.3 Å². The van der Waals surface area contributed by atoms with E-state index >= 15 is 0 Å². The number of fused-ring (bicyclic) bond motifs is 4. The Hall–Kier alpha value is -2.37. The van der Waals surface area contributed by atoms with Gasteiger partial charge in [0.25, 0.3) is 0 Å². The summed E-state index contributed by atoms with van der Waals surface area (Å²) in [5.41, 5.74) is 3.59. The van der Waals surface area contributed by atoms with Gasteiger partial charge in [-0.1, -0.05) is 56.7 Å². The molecule has 0 aromatic heterocycles. The van der Waals surface area contributed by atoms with Crippen LogP contribution in [0.2, 0.25) is 0 Å². The van der Waals surface area contributed by atoms with Crippen LogP contribution in [0, 0.1) is 5.92 Å². The van der Waals surface area contributed by atoms with Crippen LogP contribution in [-0.4, -0.2) is 45.8 Å². The summed E-state index contributed by atoms with van der Waals surface area (Å²) in [6.07, 6.45) is 3.39. The van der Waals surface area contributed by atoms with Crippen molar-refractivity contribution >= 4 is 5.97 Å². The van der Waals surface area contributed by atoms with Crippen molar-refractivity contribution in [2.45, 2.75) is 57.1 Å². The Bertz CT molecular complexity index is 869. The lowest BCUT2D eigenvalue weighted by atomic mass is 9.55. The third kappa shape index (κ3) is 4.09. The van der Waals surface area contributed by atoms with E-state index in [-0.39, 0.29) is 5.41 Å². The van der Waals surface area contributed by atoms with E-state index < -0.39 is 12.1 Å². The molecule has 2 aromatic carbocycles. The van der Waals surface area contributed by atoms with Crippen molar-refractivity contribution in [2.24, 2.45) is 5.92 Å². The Labute approximate surface area is 179 Å². The van der Waals surface area contributed by atoms with Gasteiger partial charge in [-0.15, -0.1) is 0 Å². The van der Waals surface area contributed by atoms with Crippen molar-refractivity contribution in [3.05, 3.63) is 65.2 Å². The molecule has 3 N–H and O–H groups in total. The number of phenols is 1. The predicted octanol–water partition coefficient (Wildman–Crippen LogP) is 4.13. The number of likely N-dealkylation sites (tertiary alicyclic amines) is 1. The molecule has 0 radical (unpaired) electrons. The molecule has 5 nitrogen and oxygen atoms in total. The molecule has 1 saturated heterocycles. The molecule has 5 heteroatoms. The first-order valence-corrected chi connectivity index (χ1v) is 10.8. The van der Waals surface area contributed by atoms with Crippen LogP contribution in [0.3, 0.4) is 0 Å². The second kappa shape index (κ2) is 9.19. The average molecular weight is 412 g/mol. The Morgan fingerprint density at radius 1 is 1.20 bits per heavy atom. The first kappa shape index (κ1) is 22.3. The maximum absolute atomic E-state index is 10.2. The molecule has 0 saturated carbocycles. The standard InChI is InChI=1S/C17H25NO.C8H8O3/c1-4-14-16-10-12-6-7-13(19)11-15(12)17(14,5-2)8-9-18(16)3;9-7(8(10)11)6-4-2-1-3-5-6/h6-7,11,14,16,19H,4-5,8-10H2,1-3H3;1-5,7,9H,(H,10,11)/t14-,16-,17-;7-/m00/s1. The molecule has 162 valence electrons. The minimum absolute atomic E-state index is 0.290. The molecule has 1 aliphatic carbocycles. The Morgan fingerprint density at radius 3 is 2.50 bits per heavy atom. The number of nitrogens with zero attached hydrogens (tertiary/aromatic N) is 1. The number of hydrogen-bond acceptors (Lipinski definition) is 4. The molecule has 1 fully saturated rings. The molecule has 2 aromatic rings. The van der Waals surface area contributed by atoms with Crippen LogP contribution in [0.5, 0.6) is 5.75 Å². The molecule has 1 heterocycles. The number of carbonyl (C=O) groups is 1. The number of aromatic hydroxyl groups is 1. The highest BCUT2D eigenvalue weighted by Gasteiger charge is 2.50. The summed E-state index contributed by atoms with van der Waals surface area (Å²) in [5.74, 6) is -0.0689. The normalized spacial score (nSPS) is 26.1. The zero-order chi connectivity index (χ0) is 21.9. The molecule has 4 atom stereocenters. The number of rotatable bonds is 4. The quantitative estimate of drug-likeness (QED) is 0.705. The van der Waals surface area contributed by atoms with Gasteiger partial charge < -0.3 is 20.2 Å². The minimum Gasteiger partial charge on any atom is -0.508 e. The van der Waals surface area contributed by atoms with Crippen molar-refractivity contribution in [2.75, 3.05) is 13.6 Å². The third-order valence-electron chi connectivity index (χ3n) is 7.13. The summed E-state index contributed by atoms with van der Waals surface area (Å²) in [4.78, 5) is 12.8. The van der Waals surface area contributed by atoms with Crippen molar-refractivity contribution < 1.29 is 20.1 Å². The van der Waals surface area contributed by atoms with E-state index in [9.17, 15) is 9.90 Å². The first-order chi connectivity index (χ1) is 14.3. The van der Waals surface area contributed by atoms with Gasteiger partial charge in [0, 0.05) is 11.5 Å². The van der Waals surface area contributed by atoms with Crippen molar-refractivity contribution in [3.63, 3.8) is 0 Å². The number of piperidine rings is 1. The summed E-state index contributed by atoms with van der Waals surface area (Å²) in [6, 6.07) is 15.0. The highest BCUT2D eigenvalue weighted by Crippen LogP contribution is 2.52. The van der Waals surface area contributed by atoms with E-state index in [1.54, 1.807) is 30.3 Å². The molecule has 0 spiro atoms. The highest BCUT2D eigenvalue weighted by molar-refractivity contribution is 5.73. The summed E-state index contributed by atoms with van der Waals surface area (Å²) in [6.45, 7) is 5.84. The Morgan fingerprint density at radius 2 is 1.90 bits per heavy atom. The van der Waals surface area contributed by atoms with E-state index in [1.165, 1.54) is 36.9 Å². The topological polar surface area (TPSA) is 81.0 Å². The molecule has 4 rings (SSSR count). The van der Waals surface area contributed by atoms with Crippen LogP contribution in [0.1, 0.15) is 55.9 Å². The summed E-state index contributed by atoms with van der Waals surface area (Å²) in [7, 11) is 2.28. The van der Waals surface area contributed by atoms with Crippen LogP contribution >= 0.6 is 0 Å². The van der Waals surface area contributed by atoms with Gasteiger partial charge in [0.15, 0.2) is 6.10 Å². The second-order valence-corrected chi connectivity index (χ2v) is 8.52. The monoisotopic (exact) mass is 411 g/mol. The van der Waals surface area contributed by atoms with Crippen LogP contribution in [0.25, 0.3) is 0 Å². The number of phenolic OH excluding ortho intramolecular Hbond substituents is 1. The lowest BCUT2D eigenvalue weighted by Gasteiger charge is -2.56. The lowest BCUT2D eigenvalue weighted by Crippen LogP contribution is -2.58. The number of aliphatic carboxylic acids is 1. The van der Waals surface area contributed by atoms with E-state index in [4.69, 9.17) is 10.2 Å². The van der Waals surface area contributed by atoms with Gasteiger partial charge in [0.1, 0.15) is 5.75 Å². The van der Waals surface area contributed by atoms with Crippen molar-refractivity contribution in [1.29, 1.82) is 0 Å². The van der Waals surface area contributed by atoms with Crippen LogP contribution < -0.4 is 0 Å². The highest BCUT2D eigenvalue weighted by atomic mass is 16.4. The number of carboxylic acid groups (broad SMARTS) is 1. The molecular weight excluding hydrogens is 378 g/mol. The molecule has 1 aliphatic heterocycles. The fourth-order valence-corrected chi connectivity index (χ4v) is 5.54. The zero-order valence-corrected chi connectivity index (χ0v) is 18.1. The van der Waals surface area contributed by atoms with Crippen LogP contribution in [-0.2, 0) is 16.6 Å². The number of carboxylic acids is 1. The Balaban J connectivity index is 0.000000199. The van der Waals surface area contributed by atoms with Crippen LogP contribution in [0.4, 0.5) is 0 Å². The largest absolute Gasteiger partial charge is 0.508 e. The fraction of sp³-hybridized carbons (Fsp3) is 0.480. The number of hydrogen-bond donors (Lipinski definition) is 3. The number of benzene rings is 2. The average Bonchev–Trinajstić information content (AvgIpc) is 2.76. The molecule has 0 amide bonds. The SMILES string of the molecule is CC[C@H]1[C@@H]2Cc3ccc(O)cc3[C@@]1(CC)CCN2C.O=C(O)[C@@H](O)c1ccccc1. The van der Waals surface area contributed by atoms with Gasteiger partial charge in [-0.25, -0.2) is 4.79 Å². The van der Waals surface area contributed by atoms with E-state index in [0.29, 0.717) is 17.4 Å². The minimum atomic E-state index is -1.41. The summed E-state index contributed by atoms with van der Waals surface area (Å²) < 4.78 is 0. The van der Waals surface area contributed by atoms with Crippen LogP contribution in [0.15, 0.2) is 48.5 Å². The smallest absolute Gasteiger partial charge is 0.337 e. The molecule has 0 unspecified atom stereocenters. The van der Waals surface area contributed by atoms with Crippen molar-refractivity contribution in [3.8, 4) is 5.75 Å². The van der Waals surface area contributed by atoms with Gasteiger partial charge in [-0.2, -0.15) is 0 Å². The fourth-order valence-electron chi connectivity index (χ4n) is 5.54.